The number of nitrogens with zero attached hydrogens (tertiary/aromatic N) is 2. The molecule has 1 aliphatic rings. The van der Waals surface area contributed by atoms with Crippen molar-refractivity contribution >= 4 is 40.7 Å². The predicted molar refractivity (Wildman–Crippen MR) is 83.8 cm³/mol. The fourth-order valence-corrected chi connectivity index (χ4v) is 2.46. The Morgan fingerprint density at radius 1 is 1.10 bits per heavy atom. The molecule has 1 N–H and O–H groups in total. The normalized spacial score (nSPS) is 15.0. The molecule has 0 atom stereocenters. The van der Waals surface area contributed by atoms with Gasteiger partial charge in [0.05, 0.1) is 16.6 Å². The molecule has 1 saturated heterocycles. The standard InChI is InChI=1S/C14H17Cl2N3O2/c1-10(20)18-4-6-19(7-5-18)14(21)9-17-11-2-3-12(15)13(16)8-11/h2-3,8,17H,4-7,9H2,1H3. The number of benzene rings is 1. The lowest BCUT2D eigenvalue weighted by Gasteiger charge is -2.34. The van der Waals surface area contributed by atoms with Crippen LogP contribution in [0.1, 0.15) is 6.92 Å². The molecule has 0 spiro atoms. The van der Waals surface area contributed by atoms with Crippen LogP contribution >= 0.6 is 23.2 Å². The molecule has 2 amide bonds. The zero-order chi connectivity index (χ0) is 15.4. The van der Waals surface area contributed by atoms with Crippen molar-refractivity contribution in [1.29, 1.82) is 0 Å². The lowest BCUT2D eigenvalue weighted by atomic mass is 10.3. The van der Waals surface area contributed by atoms with E-state index in [1.807, 2.05) is 0 Å². The van der Waals surface area contributed by atoms with Gasteiger partial charge in [-0.25, -0.2) is 0 Å². The number of piperazine rings is 1. The van der Waals surface area contributed by atoms with Gasteiger partial charge in [0.15, 0.2) is 0 Å². The highest BCUT2D eigenvalue weighted by Gasteiger charge is 2.21. The van der Waals surface area contributed by atoms with Crippen LogP contribution < -0.4 is 5.32 Å². The molecule has 21 heavy (non-hydrogen) atoms. The van der Waals surface area contributed by atoms with E-state index >= 15 is 0 Å². The fraction of sp³-hybridized carbons (Fsp3) is 0.429. The first-order valence-corrected chi connectivity index (χ1v) is 7.45. The van der Waals surface area contributed by atoms with E-state index < -0.39 is 0 Å². The summed E-state index contributed by atoms with van der Waals surface area (Å²) in [5, 5.41) is 3.96. The van der Waals surface area contributed by atoms with Crippen LogP contribution in [0.5, 0.6) is 0 Å². The van der Waals surface area contributed by atoms with E-state index in [0.717, 1.165) is 5.69 Å². The van der Waals surface area contributed by atoms with Crippen molar-refractivity contribution in [1.82, 2.24) is 9.80 Å². The van der Waals surface area contributed by atoms with Crippen LogP contribution in [0.15, 0.2) is 18.2 Å². The van der Waals surface area contributed by atoms with Gasteiger partial charge >= 0.3 is 0 Å². The lowest BCUT2D eigenvalue weighted by Crippen LogP contribution is -2.51. The minimum Gasteiger partial charge on any atom is -0.376 e. The third kappa shape index (κ3) is 4.25. The van der Waals surface area contributed by atoms with Gasteiger partial charge in [0.25, 0.3) is 0 Å². The summed E-state index contributed by atoms with van der Waals surface area (Å²) >= 11 is 11.8. The molecular formula is C14H17Cl2N3O2. The van der Waals surface area contributed by atoms with Gasteiger partial charge in [0, 0.05) is 38.8 Å². The van der Waals surface area contributed by atoms with Crippen molar-refractivity contribution < 1.29 is 9.59 Å². The number of hydrogen-bond acceptors (Lipinski definition) is 3. The monoisotopic (exact) mass is 329 g/mol. The number of nitrogens with one attached hydrogen (secondary N) is 1. The summed E-state index contributed by atoms with van der Waals surface area (Å²) in [6.07, 6.45) is 0. The minimum absolute atomic E-state index is 0.00396. The third-order valence-electron chi connectivity index (χ3n) is 3.44. The highest BCUT2D eigenvalue weighted by Crippen LogP contribution is 2.24. The molecule has 0 saturated carbocycles. The van der Waals surface area contributed by atoms with Gasteiger partial charge in [-0.05, 0) is 18.2 Å². The van der Waals surface area contributed by atoms with Crippen molar-refractivity contribution in [3.05, 3.63) is 28.2 Å². The van der Waals surface area contributed by atoms with Crippen LogP contribution in [-0.2, 0) is 9.59 Å². The van der Waals surface area contributed by atoms with E-state index in [0.29, 0.717) is 36.2 Å². The Morgan fingerprint density at radius 2 is 1.71 bits per heavy atom. The van der Waals surface area contributed by atoms with E-state index in [-0.39, 0.29) is 18.4 Å². The average Bonchev–Trinajstić information content (AvgIpc) is 2.48. The van der Waals surface area contributed by atoms with Gasteiger partial charge in [-0.3, -0.25) is 9.59 Å². The average molecular weight is 330 g/mol. The summed E-state index contributed by atoms with van der Waals surface area (Å²) < 4.78 is 0. The number of amides is 2. The summed E-state index contributed by atoms with van der Waals surface area (Å²) in [6, 6.07) is 5.14. The summed E-state index contributed by atoms with van der Waals surface area (Å²) in [6.45, 7) is 4.06. The Labute approximate surface area is 133 Å². The molecule has 1 aliphatic heterocycles. The maximum atomic E-state index is 12.1. The van der Waals surface area contributed by atoms with E-state index in [9.17, 15) is 9.59 Å². The smallest absolute Gasteiger partial charge is 0.241 e. The number of rotatable bonds is 3. The number of carbonyl (C=O) groups excluding carboxylic acids is 2. The first-order valence-electron chi connectivity index (χ1n) is 6.69. The number of hydrogen-bond donors (Lipinski definition) is 1. The molecule has 5 nitrogen and oxygen atoms in total. The molecule has 2 rings (SSSR count). The van der Waals surface area contributed by atoms with Gasteiger partial charge in [-0.15, -0.1) is 0 Å². The van der Waals surface area contributed by atoms with Gasteiger partial charge in [0.1, 0.15) is 0 Å². The molecule has 0 bridgehead atoms. The second kappa shape index (κ2) is 7.00. The molecule has 0 aliphatic carbocycles. The first kappa shape index (κ1) is 15.9. The molecule has 0 unspecified atom stereocenters. The summed E-state index contributed by atoms with van der Waals surface area (Å²) in [4.78, 5) is 26.8. The van der Waals surface area contributed by atoms with Crippen LogP contribution in [0.2, 0.25) is 10.0 Å². The second-order valence-electron chi connectivity index (χ2n) is 4.87. The fourth-order valence-electron chi connectivity index (χ4n) is 2.17. The highest BCUT2D eigenvalue weighted by molar-refractivity contribution is 6.42. The van der Waals surface area contributed by atoms with Crippen molar-refractivity contribution in [2.45, 2.75) is 6.92 Å². The topological polar surface area (TPSA) is 52.7 Å². The van der Waals surface area contributed by atoms with E-state index in [1.54, 1.807) is 34.9 Å². The Bertz CT molecular complexity index is 543. The van der Waals surface area contributed by atoms with Crippen molar-refractivity contribution in [3.8, 4) is 0 Å². The second-order valence-corrected chi connectivity index (χ2v) is 5.68. The van der Waals surface area contributed by atoms with Crippen LogP contribution in [-0.4, -0.2) is 54.3 Å². The molecule has 114 valence electrons. The van der Waals surface area contributed by atoms with Crippen LogP contribution in [0.3, 0.4) is 0 Å². The summed E-state index contributed by atoms with van der Waals surface area (Å²) in [5.74, 6) is 0.0558. The lowest BCUT2D eigenvalue weighted by molar-refractivity contribution is -0.137. The zero-order valence-corrected chi connectivity index (χ0v) is 13.2. The van der Waals surface area contributed by atoms with Gasteiger partial charge in [0.2, 0.25) is 11.8 Å². The van der Waals surface area contributed by atoms with Gasteiger partial charge < -0.3 is 15.1 Å². The molecule has 1 aromatic rings. The van der Waals surface area contributed by atoms with E-state index in [1.165, 1.54) is 0 Å². The quantitative estimate of drug-likeness (QED) is 0.923. The number of anilines is 1. The maximum absolute atomic E-state index is 12.1. The van der Waals surface area contributed by atoms with Crippen LogP contribution in [0.25, 0.3) is 0 Å². The molecule has 1 heterocycles. The SMILES string of the molecule is CC(=O)N1CCN(C(=O)CNc2ccc(Cl)c(Cl)c2)CC1. The predicted octanol–water partition coefficient (Wildman–Crippen LogP) is 2.10. The van der Waals surface area contributed by atoms with E-state index in [2.05, 4.69) is 5.32 Å². The van der Waals surface area contributed by atoms with Crippen LogP contribution in [0, 0.1) is 0 Å². The molecule has 0 aromatic heterocycles. The first-order chi connectivity index (χ1) is 9.97. The van der Waals surface area contributed by atoms with Crippen molar-refractivity contribution in [3.63, 3.8) is 0 Å². The van der Waals surface area contributed by atoms with Crippen molar-refractivity contribution in [2.75, 3.05) is 38.0 Å². The van der Waals surface area contributed by atoms with Gasteiger partial charge in [-0.1, -0.05) is 23.2 Å². The third-order valence-corrected chi connectivity index (χ3v) is 4.18. The number of carbonyl (C=O) groups is 2. The summed E-state index contributed by atoms with van der Waals surface area (Å²) in [7, 11) is 0. The van der Waals surface area contributed by atoms with E-state index in [4.69, 9.17) is 23.2 Å². The Hall–Kier alpha value is -1.46. The molecular weight excluding hydrogens is 313 g/mol. The van der Waals surface area contributed by atoms with Gasteiger partial charge in [-0.2, -0.15) is 0 Å². The largest absolute Gasteiger partial charge is 0.376 e. The molecule has 7 heteroatoms. The minimum atomic E-state index is 0.00396. The zero-order valence-electron chi connectivity index (χ0n) is 11.7. The van der Waals surface area contributed by atoms with Crippen LogP contribution in [0.4, 0.5) is 5.69 Å². The highest BCUT2D eigenvalue weighted by atomic mass is 35.5. The summed E-state index contributed by atoms with van der Waals surface area (Å²) in [5.41, 5.74) is 0.750. The maximum Gasteiger partial charge on any atom is 0.241 e. The Kier molecular flexibility index (Phi) is 5.31. The van der Waals surface area contributed by atoms with Crippen molar-refractivity contribution in [2.24, 2.45) is 0 Å². The molecule has 0 radical (unpaired) electrons. The molecule has 1 fully saturated rings. The Morgan fingerprint density at radius 3 is 2.29 bits per heavy atom. The number of halogens is 2. The molecule has 1 aromatic carbocycles. The Balaban J connectivity index is 1.82.